The van der Waals surface area contributed by atoms with Crippen LogP contribution in [0.3, 0.4) is 0 Å². The van der Waals surface area contributed by atoms with E-state index >= 15 is 0 Å². The lowest BCUT2D eigenvalue weighted by Crippen LogP contribution is -2.55. The SMILES string of the molecule is C=CC1=[N+](C(C)C)C2C3=C(Cc4ccc5c(sc6ccccc65)c4-c4n(-c5c(C(C)C)cc(-c6ccccc6)cc5C(C)C)c5ccccc5[n+]4C3)C2c2ccccc21. The largest absolute Gasteiger partial charge is 0.297 e. The summed E-state index contributed by atoms with van der Waals surface area (Å²) in [7, 11) is 0. The second kappa shape index (κ2) is 13.6. The number of imidazole rings is 1. The van der Waals surface area contributed by atoms with Gasteiger partial charge in [0.25, 0.3) is 5.82 Å². The Kier molecular flexibility index (Phi) is 8.36. The third kappa shape index (κ3) is 5.25. The molecule has 1 aliphatic carbocycles. The number of benzene rings is 6. The molecule has 0 radical (unpaired) electrons. The van der Waals surface area contributed by atoms with Crippen LogP contribution >= 0.6 is 11.3 Å². The molecule has 4 heterocycles. The minimum Gasteiger partial charge on any atom is -0.220 e. The Morgan fingerprint density at radius 2 is 1.41 bits per heavy atom. The molecule has 0 bridgehead atoms. The molecule has 2 aromatic heterocycles. The molecule has 8 aromatic rings. The number of thiophene rings is 1. The van der Waals surface area contributed by atoms with Crippen LogP contribution < -0.4 is 4.57 Å². The molecule has 59 heavy (non-hydrogen) atoms. The quantitative estimate of drug-likeness (QED) is 0.118. The van der Waals surface area contributed by atoms with Crippen molar-refractivity contribution in [2.75, 3.05) is 0 Å². The Labute approximate surface area is 351 Å². The van der Waals surface area contributed by atoms with Crippen molar-refractivity contribution < 1.29 is 9.14 Å². The topological polar surface area (TPSA) is 11.8 Å². The van der Waals surface area contributed by atoms with Gasteiger partial charge in [0.1, 0.15) is 18.3 Å². The Bertz CT molecular complexity index is 3080. The summed E-state index contributed by atoms with van der Waals surface area (Å²) in [4.78, 5) is 0. The molecule has 2 aliphatic heterocycles. The van der Waals surface area contributed by atoms with Crippen LogP contribution in [-0.2, 0) is 13.0 Å². The first kappa shape index (κ1) is 36.3. The second-order valence-electron chi connectivity index (χ2n) is 17.8. The van der Waals surface area contributed by atoms with Crippen LogP contribution in [0.15, 0.2) is 151 Å². The lowest BCUT2D eigenvalue weighted by molar-refractivity contribution is -0.662. The molecule has 11 rings (SSSR count). The molecule has 3 aliphatic rings. The van der Waals surface area contributed by atoms with Crippen LogP contribution in [0.25, 0.3) is 59.4 Å². The molecule has 0 saturated carbocycles. The zero-order valence-corrected chi connectivity index (χ0v) is 35.8. The summed E-state index contributed by atoms with van der Waals surface area (Å²) in [6, 6.07) is 48.8. The number of hydrogen-bond donors (Lipinski definition) is 0. The Morgan fingerprint density at radius 3 is 2.15 bits per heavy atom. The van der Waals surface area contributed by atoms with Crippen LogP contribution in [0.2, 0.25) is 0 Å². The normalized spacial score (nSPS) is 17.2. The van der Waals surface area contributed by atoms with E-state index in [2.05, 4.69) is 195 Å². The molecule has 3 nitrogen and oxygen atoms in total. The number of nitrogens with zero attached hydrogens (tertiary/aromatic N) is 3. The predicted octanol–water partition coefficient (Wildman–Crippen LogP) is 13.3. The molecule has 290 valence electrons. The number of rotatable bonds is 6. The maximum atomic E-state index is 4.40. The van der Waals surface area contributed by atoms with Gasteiger partial charge in [-0.15, -0.1) is 11.3 Å². The van der Waals surface area contributed by atoms with Gasteiger partial charge in [0, 0.05) is 43.8 Å². The van der Waals surface area contributed by atoms with Crippen molar-refractivity contribution in [3.05, 3.63) is 179 Å². The van der Waals surface area contributed by atoms with E-state index < -0.39 is 0 Å². The van der Waals surface area contributed by atoms with Gasteiger partial charge in [0.05, 0.1) is 16.2 Å². The summed E-state index contributed by atoms with van der Waals surface area (Å²) in [6.07, 6.45) is 3.04. The fourth-order valence-electron chi connectivity index (χ4n) is 11.0. The van der Waals surface area contributed by atoms with Gasteiger partial charge in [-0.05, 0) is 96.3 Å². The predicted molar refractivity (Wildman–Crippen MR) is 249 cm³/mol. The van der Waals surface area contributed by atoms with Crippen molar-refractivity contribution in [3.63, 3.8) is 0 Å². The van der Waals surface area contributed by atoms with E-state index in [1.165, 1.54) is 92.9 Å². The van der Waals surface area contributed by atoms with Crippen LogP contribution in [0.4, 0.5) is 0 Å². The van der Waals surface area contributed by atoms with Crippen molar-refractivity contribution in [1.82, 2.24) is 4.57 Å². The van der Waals surface area contributed by atoms with Gasteiger partial charge >= 0.3 is 0 Å². The van der Waals surface area contributed by atoms with E-state index in [1.807, 2.05) is 11.3 Å². The maximum Gasteiger partial charge on any atom is 0.297 e. The Balaban J connectivity index is 1.28. The van der Waals surface area contributed by atoms with Crippen LogP contribution in [0.5, 0.6) is 0 Å². The average Bonchev–Trinajstić information content (AvgIpc) is 3.78. The maximum absolute atomic E-state index is 4.40. The monoisotopic (exact) mass is 785 g/mol. The Hall–Kier alpha value is -5.84. The molecule has 4 heteroatoms. The number of fused-ring (bicyclic) bond motifs is 14. The van der Waals surface area contributed by atoms with Gasteiger partial charge in [-0.3, -0.25) is 0 Å². The highest BCUT2D eigenvalue weighted by Crippen LogP contribution is 2.53. The Morgan fingerprint density at radius 1 is 0.712 bits per heavy atom. The molecular formula is C55H51N3S+2. The molecule has 2 unspecified atom stereocenters. The lowest BCUT2D eigenvalue weighted by Gasteiger charge is -2.44. The summed E-state index contributed by atoms with van der Waals surface area (Å²) in [5.41, 5.74) is 19.2. The summed E-state index contributed by atoms with van der Waals surface area (Å²) < 4.78 is 10.8. The standard InChI is InChI=1S/C55H51N3S/c1-8-46-38-20-12-13-22-40(38)51-44-28-36-26-27-41-39-21-14-17-25-49(39)59-54(41)50(36)55-56(31-45(44)53(51)57(46)34(6)7)47-23-15-16-24-48(47)58(55)52-42(32(2)3)29-37(30-43(52)33(4)5)35-18-10-9-11-19-35/h8-27,29-30,32-34,51,53H,1,28,31H2,2-7H3/q+2. The highest BCUT2D eigenvalue weighted by Gasteiger charge is 2.55. The van der Waals surface area contributed by atoms with Gasteiger partial charge in [0.15, 0.2) is 17.1 Å². The van der Waals surface area contributed by atoms with Gasteiger partial charge in [0.2, 0.25) is 5.71 Å². The summed E-state index contributed by atoms with van der Waals surface area (Å²) in [5, 5.41) is 2.69. The number of para-hydroxylation sites is 2. The van der Waals surface area contributed by atoms with Crippen molar-refractivity contribution in [1.29, 1.82) is 0 Å². The minimum atomic E-state index is 0.271. The molecule has 0 amide bonds. The second-order valence-corrected chi connectivity index (χ2v) is 18.9. The van der Waals surface area contributed by atoms with Crippen LogP contribution in [0, 0.1) is 0 Å². The molecule has 0 N–H and O–H groups in total. The van der Waals surface area contributed by atoms with Gasteiger partial charge in [-0.2, -0.15) is 4.57 Å². The van der Waals surface area contributed by atoms with E-state index in [4.69, 9.17) is 0 Å². The molecule has 0 saturated heterocycles. The smallest absolute Gasteiger partial charge is 0.220 e. The number of hydrogen-bond acceptors (Lipinski definition) is 1. The highest BCUT2D eigenvalue weighted by molar-refractivity contribution is 7.26. The summed E-state index contributed by atoms with van der Waals surface area (Å²) in [6.45, 7) is 19.4. The third-order valence-corrected chi connectivity index (χ3v) is 14.8. The van der Waals surface area contributed by atoms with Crippen molar-refractivity contribution in [3.8, 4) is 28.2 Å². The summed E-state index contributed by atoms with van der Waals surface area (Å²) >= 11 is 1.96. The lowest BCUT2D eigenvalue weighted by atomic mass is 9.63. The highest BCUT2D eigenvalue weighted by atomic mass is 32.1. The van der Waals surface area contributed by atoms with Gasteiger partial charge in [-0.25, -0.2) is 9.14 Å². The fraction of sp³-hybridized carbons (Fsp3) is 0.236. The van der Waals surface area contributed by atoms with Crippen LogP contribution in [0.1, 0.15) is 87.1 Å². The number of aromatic nitrogens is 2. The van der Waals surface area contributed by atoms with E-state index in [1.54, 1.807) is 11.1 Å². The first-order valence-corrected chi connectivity index (χ1v) is 22.4. The molecule has 2 atom stereocenters. The van der Waals surface area contributed by atoms with Crippen molar-refractivity contribution in [2.24, 2.45) is 0 Å². The van der Waals surface area contributed by atoms with E-state index in [9.17, 15) is 0 Å². The first-order valence-electron chi connectivity index (χ1n) is 21.5. The number of allylic oxidation sites excluding steroid dienone is 1. The minimum absolute atomic E-state index is 0.271. The zero-order chi connectivity index (χ0) is 40.3. The van der Waals surface area contributed by atoms with Gasteiger partial charge in [-0.1, -0.05) is 125 Å². The van der Waals surface area contributed by atoms with Crippen LogP contribution in [-0.4, -0.2) is 26.9 Å². The first-order chi connectivity index (χ1) is 28.7. The van der Waals surface area contributed by atoms with E-state index in [0.29, 0.717) is 23.8 Å². The molecular weight excluding hydrogens is 735 g/mol. The molecule has 0 fully saturated rings. The zero-order valence-electron chi connectivity index (χ0n) is 35.0. The van der Waals surface area contributed by atoms with Crippen molar-refractivity contribution in [2.45, 2.75) is 84.3 Å². The van der Waals surface area contributed by atoms with E-state index in [-0.39, 0.29) is 6.04 Å². The molecule has 6 aromatic carbocycles. The van der Waals surface area contributed by atoms with E-state index in [0.717, 1.165) is 13.0 Å². The van der Waals surface area contributed by atoms with Crippen molar-refractivity contribution >= 4 is 48.3 Å². The fourth-order valence-corrected chi connectivity index (χ4v) is 12.2. The molecule has 0 spiro atoms. The third-order valence-electron chi connectivity index (χ3n) is 13.6. The average molecular weight is 786 g/mol. The van der Waals surface area contributed by atoms with Gasteiger partial charge < -0.3 is 0 Å². The summed E-state index contributed by atoms with van der Waals surface area (Å²) in [5.74, 6) is 2.24.